The summed E-state index contributed by atoms with van der Waals surface area (Å²) in [5.74, 6) is 0.714. The molecule has 1 saturated heterocycles. The number of hydrogen-bond donors (Lipinski definition) is 1. The van der Waals surface area contributed by atoms with Crippen LogP contribution >= 0.6 is 0 Å². The van der Waals surface area contributed by atoms with Gasteiger partial charge < -0.3 is 14.8 Å². The molecule has 2 heterocycles. The highest BCUT2D eigenvalue weighted by atomic mass is 16.2. The zero-order chi connectivity index (χ0) is 13.7. The van der Waals surface area contributed by atoms with Gasteiger partial charge in [0, 0.05) is 30.9 Å². The van der Waals surface area contributed by atoms with Gasteiger partial charge >= 0.3 is 0 Å². The molecular weight excluding hydrogens is 240 g/mol. The van der Waals surface area contributed by atoms with Gasteiger partial charge in [-0.2, -0.15) is 0 Å². The van der Waals surface area contributed by atoms with Crippen molar-refractivity contribution in [1.29, 1.82) is 0 Å². The van der Waals surface area contributed by atoms with Gasteiger partial charge in [0.1, 0.15) is 6.54 Å². The van der Waals surface area contributed by atoms with Gasteiger partial charge in [0.25, 0.3) is 0 Å². The van der Waals surface area contributed by atoms with Gasteiger partial charge in [-0.1, -0.05) is 0 Å². The standard InChI is InChI=1S/C14H24N4O/c1-3-17(4-2)14(19)10-18-11-16-9-13(18)12-5-7-15-8-6-12/h9,11-12,15H,3-8,10H2,1-2H3. The highest BCUT2D eigenvalue weighted by Crippen LogP contribution is 2.24. The average Bonchev–Trinajstić information content (AvgIpc) is 2.89. The number of piperidine rings is 1. The molecule has 1 aliphatic heterocycles. The number of amides is 1. The van der Waals surface area contributed by atoms with Crippen LogP contribution in [0, 0.1) is 0 Å². The zero-order valence-corrected chi connectivity index (χ0v) is 11.9. The monoisotopic (exact) mass is 264 g/mol. The highest BCUT2D eigenvalue weighted by molar-refractivity contribution is 5.76. The van der Waals surface area contributed by atoms with Gasteiger partial charge in [0.15, 0.2) is 0 Å². The van der Waals surface area contributed by atoms with Crippen molar-refractivity contribution < 1.29 is 4.79 Å². The Bertz CT molecular complexity index is 405. The van der Waals surface area contributed by atoms with Crippen molar-refractivity contribution in [2.75, 3.05) is 26.2 Å². The van der Waals surface area contributed by atoms with E-state index in [2.05, 4.69) is 10.3 Å². The second-order valence-corrected chi connectivity index (χ2v) is 5.04. The van der Waals surface area contributed by atoms with E-state index < -0.39 is 0 Å². The summed E-state index contributed by atoms with van der Waals surface area (Å²) >= 11 is 0. The first-order valence-corrected chi connectivity index (χ1v) is 7.24. The molecule has 5 heteroatoms. The number of hydrogen-bond acceptors (Lipinski definition) is 3. The van der Waals surface area contributed by atoms with E-state index in [9.17, 15) is 4.79 Å². The summed E-state index contributed by atoms with van der Waals surface area (Å²) < 4.78 is 2.02. The van der Waals surface area contributed by atoms with Gasteiger partial charge in [-0.3, -0.25) is 4.79 Å². The number of nitrogens with one attached hydrogen (secondary N) is 1. The van der Waals surface area contributed by atoms with E-state index in [0.29, 0.717) is 12.5 Å². The molecule has 0 aliphatic carbocycles. The third-order valence-corrected chi connectivity index (χ3v) is 3.92. The minimum Gasteiger partial charge on any atom is -0.342 e. The van der Waals surface area contributed by atoms with Gasteiger partial charge in [0.2, 0.25) is 5.91 Å². The zero-order valence-electron chi connectivity index (χ0n) is 11.9. The van der Waals surface area contributed by atoms with Crippen LogP contribution in [0.4, 0.5) is 0 Å². The van der Waals surface area contributed by atoms with Crippen LogP contribution in [-0.4, -0.2) is 46.5 Å². The molecule has 1 aromatic heterocycles. The second kappa shape index (κ2) is 6.70. The lowest BCUT2D eigenvalue weighted by molar-refractivity contribution is -0.131. The third kappa shape index (κ3) is 3.35. The summed E-state index contributed by atoms with van der Waals surface area (Å²) in [6.45, 7) is 8.10. The number of likely N-dealkylation sites (N-methyl/N-ethyl adjacent to an activating group) is 1. The van der Waals surface area contributed by atoms with E-state index in [1.165, 1.54) is 5.69 Å². The van der Waals surface area contributed by atoms with Crippen molar-refractivity contribution in [1.82, 2.24) is 19.8 Å². The first kappa shape index (κ1) is 14.1. The molecule has 1 N–H and O–H groups in total. The smallest absolute Gasteiger partial charge is 0.242 e. The van der Waals surface area contributed by atoms with Crippen molar-refractivity contribution in [3.8, 4) is 0 Å². The van der Waals surface area contributed by atoms with Gasteiger partial charge in [-0.05, 0) is 39.8 Å². The van der Waals surface area contributed by atoms with Crippen LogP contribution in [0.3, 0.4) is 0 Å². The molecule has 0 atom stereocenters. The number of imidazole rings is 1. The largest absolute Gasteiger partial charge is 0.342 e. The molecule has 1 fully saturated rings. The first-order valence-electron chi connectivity index (χ1n) is 7.24. The predicted octanol–water partition coefficient (Wildman–Crippen LogP) is 1.22. The van der Waals surface area contributed by atoms with Crippen LogP contribution in [0.1, 0.15) is 38.3 Å². The van der Waals surface area contributed by atoms with Crippen LogP contribution in [0.2, 0.25) is 0 Å². The lowest BCUT2D eigenvalue weighted by atomic mass is 9.95. The molecule has 1 aromatic rings. The highest BCUT2D eigenvalue weighted by Gasteiger charge is 2.20. The number of carbonyl (C=O) groups is 1. The van der Waals surface area contributed by atoms with E-state index in [0.717, 1.165) is 39.0 Å². The quantitative estimate of drug-likeness (QED) is 0.870. The maximum atomic E-state index is 12.2. The summed E-state index contributed by atoms with van der Waals surface area (Å²) in [6.07, 6.45) is 5.97. The topological polar surface area (TPSA) is 50.2 Å². The Kier molecular flexibility index (Phi) is 4.96. The summed E-state index contributed by atoms with van der Waals surface area (Å²) in [6, 6.07) is 0. The molecule has 106 valence electrons. The fourth-order valence-electron chi connectivity index (χ4n) is 2.74. The number of nitrogens with zero attached hydrogens (tertiary/aromatic N) is 3. The molecule has 0 radical (unpaired) electrons. The Hall–Kier alpha value is -1.36. The molecule has 0 unspecified atom stereocenters. The summed E-state index contributed by atoms with van der Waals surface area (Å²) in [4.78, 5) is 18.3. The number of aromatic nitrogens is 2. The van der Waals surface area contributed by atoms with Crippen molar-refractivity contribution in [3.63, 3.8) is 0 Å². The van der Waals surface area contributed by atoms with Gasteiger partial charge in [-0.25, -0.2) is 4.98 Å². The Morgan fingerprint density at radius 2 is 2.11 bits per heavy atom. The predicted molar refractivity (Wildman–Crippen MR) is 75.0 cm³/mol. The lowest BCUT2D eigenvalue weighted by Gasteiger charge is -2.24. The molecule has 19 heavy (non-hydrogen) atoms. The summed E-state index contributed by atoms with van der Waals surface area (Å²) in [5.41, 5.74) is 1.21. The van der Waals surface area contributed by atoms with E-state index in [4.69, 9.17) is 0 Å². The van der Waals surface area contributed by atoms with Crippen LogP contribution in [0.25, 0.3) is 0 Å². The number of carbonyl (C=O) groups excluding carboxylic acids is 1. The second-order valence-electron chi connectivity index (χ2n) is 5.04. The van der Waals surface area contributed by atoms with E-state index in [1.807, 2.05) is 29.5 Å². The first-order chi connectivity index (χ1) is 9.26. The van der Waals surface area contributed by atoms with E-state index >= 15 is 0 Å². The maximum absolute atomic E-state index is 12.2. The molecular formula is C14H24N4O. The van der Waals surface area contributed by atoms with Crippen LogP contribution in [-0.2, 0) is 11.3 Å². The Balaban J connectivity index is 2.04. The molecule has 1 amide bonds. The molecule has 2 rings (SSSR count). The Morgan fingerprint density at radius 3 is 2.74 bits per heavy atom. The number of rotatable bonds is 5. The SMILES string of the molecule is CCN(CC)C(=O)Cn1cncc1C1CCNCC1. The molecule has 5 nitrogen and oxygen atoms in total. The van der Waals surface area contributed by atoms with Crippen LogP contribution < -0.4 is 5.32 Å². The fourth-order valence-corrected chi connectivity index (χ4v) is 2.74. The molecule has 0 saturated carbocycles. The molecule has 0 aromatic carbocycles. The Labute approximate surface area is 115 Å². The third-order valence-electron chi connectivity index (χ3n) is 3.92. The Morgan fingerprint density at radius 1 is 1.42 bits per heavy atom. The van der Waals surface area contributed by atoms with Crippen LogP contribution in [0.15, 0.2) is 12.5 Å². The van der Waals surface area contributed by atoms with Gasteiger partial charge in [-0.15, -0.1) is 0 Å². The minimum atomic E-state index is 0.179. The minimum absolute atomic E-state index is 0.179. The van der Waals surface area contributed by atoms with Crippen molar-refractivity contribution in [2.24, 2.45) is 0 Å². The summed E-state index contributed by atoms with van der Waals surface area (Å²) in [5, 5.41) is 3.37. The maximum Gasteiger partial charge on any atom is 0.242 e. The average molecular weight is 264 g/mol. The van der Waals surface area contributed by atoms with E-state index in [1.54, 1.807) is 6.33 Å². The van der Waals surface area contributed by atoms with Crippen LogP contribution in [0.5, 0.6) is 0 Å². The van der Waals surface area contributed by atoms with E-state index in [-0.39, 0.29) is 5.91 Å². The summed E-state index contributed by atoms with van der Waals surface area (Å²) in [7, 11) is 0. The van der Waals surface area contributed by atoms with Crippen molar-refractivity contribution >= 4 is 5.91 Å². The molecule has 1 aliphatic rings. The van der Waals surface area contributed by atoms with Gasteiger partial charge in [0.05, 0.1) is 6.33 Å². The molecule has 0 spiro atoms. The normalized spacial score (nSPS) is 16.5. The lowest BCUT2D eigenvalue weighted by Crippen LogP contribution is -2.34. The van der Waals surface area contributed by atoms with Crippen molar-refractivity contribution in [2.45, 2.75) is 39.2 Å². The molecule has 0 bridgehead atoms. The van der Waals surface area contributed by atoms with Crippen molar-refractivity contribution in [3.05, 3.63) is 18.2 Å². The fraction of sp³-hybridized carbons (Fsp3) is 0.714.